The highest BCUT2D eigenvalue weighted by Crippen LogP contribution is 2.29. The maximum atomic E-state index is 12.7. The van der Waals surface area contributed by atoms with Gasteiger partial charge in [-0.1, -0.05) is 0 Å². The molecule has 0 bridgehead atoms. The fourth-order valence-corrected chi connectivity index (χ4v) is 1.45. The van der Waals surface area contributed by atoms with Crippen LogP contribution in [0.5, 0.6) is 5.75 Å². The number of nitrogens with zero attached hydrogens (tertiary/aromatic N) is 1. The lowest BCUT2D eigenvalue weighted by Crippen LogP contribution is -1.90. The molecule has 62 valence electrons. The number of hydrogen-bond donors (Lipinski definition) is 0. The van der Waals surface area contributed by atoms with Gasteiger partial charge in [0.25, 0.3) is 0 Å². The summed E-state index contributed by atoms with van der Waals surface area (Å²) in [5, 5.41) is 8.58. The molecule has 0 unspecified atom stereocenters. The third-order valence-electron chi connectivity index (χ3n) is 1.33. The number of methoxy groups -OCH3 is 1. The van der Waals surface area contributed by atoms with Gasteiger partial charge >= 0.3 is 0 Å². The number of nitriles is 1. The smallest absolute Gasteiger partial charge is 0.150 e. The monoisotopic (exact) mass is 229 g/mol. The van der Waals surface area contributed by atoms with E-state index in [4.69, 9.17) is 10.00 Å². The molecule has 0 heterocycles. The second-order valence-electron chi connectivity index (χ2n) is 2.08. The normalized spacial score (nSPS) is 9.17. The Morgan fingerprint density at radius 2 is 2.25 bits per heavy atom. The Kier molecular flexibility index (Phi) is 2.66. The molecule has 0 radical (unpaired) electrons. The van der Waals surface area contributed by atoms with Crippen LogP contribution in [-0.2, 0) is 0 Å². The van der Waals surface area contributed by atoms with Crippen LogP contribution in [-0.4, -0.2) is 7.11 Å². The Balaban J connectivity index is 3.36. The Morgan fingerprint density at radius 3 is 2.75 bits per heavy atom. The van der Waals surface area contributed by atoms with Crippen LogP contribution in [0.15, 0.2) is 16.6 Å². The van der Waals surface area contributed by atoms with E-state index in [9.17, 15) is 4.39 Å². The molecule has 1 aromatic rings. The van der Waals surface area contributed by atoms with E-state index in [1.807, 2.05) is 6.07 Å². The molecule has 0 amide bonds. The summed E-state index contributed by atoms with van der Waals surface area (Å²) in [6.45, 7) is 0. The van der Waals surface area contributed by atoms with Crippen LogP contribution in [0, 0.1) is 17.1 Å². The molecule has 1 rings (SSSR count). The molecule has 12 heavy (non-hydrogen) atoms. The minimum atomic E-state index is -0.459. The van der Waals surface area contributed by atoms with Crippen molar-refractivity contribution in [3.05, 3.63) is 28.0 Å². The van der Waals surface area contributed by atoms with Gasteiger partial charge in [-0.3, -0.25) is 0 Å². The van der Waals surface area contributed by atoms with Crippen LogP contribution < -0.4 is 4.74 Å². The highest BCUT2D eigenvalue weighted by atomic mass is 79.9. The van der Waals surface area contributed by atoms with E-state index in [-0.39, 0.29) is 5.56 Å². The van der Waals surface area contributed by atoms with Crippen LogP contribution in [0.2, 0.25) is 0 Å². The molecule has 0 aliphatic carbocycles. The van der Waals surface area contributed by atoms with Gasteiger partial charge in [-0.25, -0.2) is 4.39 Å². The van der Waals surface area contributed by atoms with Crippen molar-refractivity contribution >= 4 is 15.9 Å². The lowest BCUT2D eigenvalue weighted by molar-refractivity contribution is 0.409. The van der Waals surface area contributed by atoms with E-state index < -0.39 is 5.82 Å². The molecule has 0 atom stereocenters. The van der Waals surface area contributed by atoms with E-state index in [1.54, 1.807) is 0 Å². The highest BCUT2D eigenvalue weighted by Gasteiger charge is 2.08. The van der Waals surface area contributed by atoms with Crippen molar-refractivity contribution in [2.75, 3.05) is 7.11 Å². The molecule has 2 nitrogen and oxygen atoms in total. The average molecular weight is 230 g/mol. The lowest BCUT2D eigenvalue weighted by atomic mass is 10.2. The molecule has 0 aliphatic rings. The summed E-state index contributed by atoms with van der Waals surface area (Å²) >= 11 is 3.08. The van der Waals surface area contributed by atoms with Crippen LogP contribution in [0.25, 0.3) is 0 Å². The minimum absolute atomic E-state index is 0.185. The third kappa shape index (κ3) is 1.56. The zero-order valence-corrected chi connectivity index (χ0v) is 7.85. The van der Waals surface area contributed by atoms with E-state index in [2.05, 4.69) is 15.9 Å². The minimum Gasteiger partial charge on any atom is -0.494 e. The molecule has 1 aromatic carbocycles. The van der Waals surface area contributed by atoms with Gasteiger partial charge in [-0.05, 0) is 28.1 Å². The first kappa shape index (κ1) is 9.01. The molecule has 0 N–H and O–H groups in total. The predicted molar refractivity (Wildman–Crippen MR) is 45.4 cm³/mol. The Morgan fingerprint density at radius 1 is 1.58 bits per heavy atom. The van der Waals surface area contributed by atoms with Crippen molar-refractivity contribution in [1.82, 2.24) is 0 Å². The summed E-state index contributed by atoms with van der Waals surface area (Å²) in [7, 11) is 1.43. The molecule has 0 saturated carbocycles. The topological polar surface area (TPSA) is 33.0 Å². The number of halogens is 2. The van der Waals surface area contributed by atoms with Crippen molar-refractivity contribution in [1.29, 1.82) is 5.26 Å². The van der Waals surface area contributed by atoms with Crippen LogP contribution in [0.4, 0.5) is 4.39 Å². The summed E-state index contributed by atoms with van der Waals surface area (Å²) in [6, 6.07) is 4.21. The van der Waals surface area contributed by atoms with E-state index in [0.29, 0.717) is 10.2 Å². The summed E-state index contributed by atoms with van der Waals surface area (Å²) < 4.78 is 18.0. The van der Waals surface area contributed by atoms with Crippen molar-refractivity contribution in [3.63, 3.8) is 0 Å². The summed E-state index contributed by atoms with van der Waals surface area (Å²) in [6.07, 6.45) is 0. The Hall–Kier alpha value is -1.08. The van der Waals surface area contributed by atoms with E-state index in [0.717, 1.165) is 6.07 Å². The molecule has 4 heteroatoms. The second kappa shape index (κ2) is 3.55. The predicted octanol–water partition coefficient (Wildman–Crippen LogP) is 2.47. The number of rotatable bonds is 1. The van der Waals surface area contributed by atoms with Gasteiger partial charge in [0, 0.05) is 0 Å². The second-order valence-corrected chi connectivity index (χ2v) is 2.93. The largest absolute Gasteiger partial charge is 0.494 e. The van der Waals surface area contributed by atoms with Gasteiger partial charge in [0.2, 0.25) is 0 Å². The zero-order valence-electron chi connectivity index (χ0n) is 6.27. The van der Waals surface area contributed by atoms with Crippen LogP contribution in [0.1, 0.15) is 5.56 Å². The van der Waals surface area contributed by atoms with Gasteiger partial charge in [0.15, 0.2) is 5.75 Å². The molecule has 0 aliphatic heterocycles. The first-order valence-corrected chi connectivity index (χ1v) is 3.91. The maximum Gasteiger partial charge on any atom is 0.150 e. The van der Waals surface area contributed by atoms with Gasteiger partial charge in [-0.2, -0.15) is 5.26 Å². The van der Waals surface area contributed by atoms with Crippen molar-refractivity contribution in [2.24, 2.45) is 0 Å². The van der Waals surface area contributed by atoms with Gasteiger partial charge < -0.3 is 4.74 Å². The number of hydrogen-bond acceptors (Lipinski definition) is 2. The van der Waals surface area contributed by atoms with E-state index >= 15 is 0 Å². The fraction of sp³-hybridized carbons (Fsp3) is 0.125. The van der Waals surface area contributed by atoms with E-state index in [1.165, 1.54) is 13.2 Å². The molecule has 0 fully saturated rings. The van der Waals surface area contributed by atoms with Crippen molar-refractivity contribution < 1.29 is 9.13 Å². The van der Waals surface area contributed by atoms with Crippen LogP contribution in [0.3, 0.4) is 0 Å². The fourth-order valence-electron chi connectivity index (χ4n) is 0.851. The molecular weight excluding hydrogens is 225 g/mol. The SMILES string of the molecule is COc1c(Br)cc(F)cc1C#N. The highest BCUT2D eigenvalue weighted by molar-refractivity contribution is 9.10. The summed E-state index contributed by atoms with van der Waals surface area (Å²) in [5.41, 5.74) is 0.185. The molecule has 0 saturated heterocycles. The average Bonchev–Trinajstić information content (AvgIpc) is 2.03. The third-order valence-corrected chi connectivity index (χ3v) is 1.92. The van der Waals surface area contributed by atoms with Crippen molar-refractivity contribution in [3.8, 4) is 11.8 Å². The number of ether oxygens (including phenoxy) is 1. The Bertz CT molecular complexity index is 346. The maximum absolute atomic E-state index is 12.7. The van der Waals surface area contributed by atoms with Gasteiger partial charge in [0.05, 0.1) is 17.1 Å². The van der Waals surface area contributed by atoms with Crippen LogP contribution >= 0.6 is 15.9 Å². The first-order valence-electron chi connectivity index (χ1n) is 3.12. The van der Waals surface area contributed by atoms with Gasteiger partial charge in [-0.15, -0.1) is 0 Å². The molecular formula is C8H5BrFNO. The zero-order chi connectivity index (χ0) is 9.14. The summed E-state index contributed by atoms with van der Waals surface area (Å²) in [4.78, 5) is 0. The lowest BCUT2D eigenvalue weighted by Gasteiger charge is -2.04. The van der Waals surface area contributed by atoms with Gasteiger partial charge in [0.1, 0.15) is 11.9 Å². The van der Waals surface area contributed by atoms with Crippen molar-refractivity contribution in [2.45, 2.75) is 0 Å². The first-order chi connectivity index (χ1) is 5.69. The quantitative estimate of drug-likeness (QED) is 0.742. The molecule has 0 spiro atoms. The standard InChI is InChI=1S/C8H5BrFNO/c1-12-8-5(4-11)2-6(10)3-7(8)9/h2-3H,1H3. The summed E-state index contributed by atoms with van der Waals surface area (Å²) in [5.74, 6) is -0.0990. The number of benzene rings is 1. The Labute approximate surface area is 77.7 Å². The molecule has 0 aromatic heterocycles.